The average Bonchev–Trinajstić information content (AvgIpc) is 2.30. The predicted molar refractivity (Wildman–Crippen MR) is 83.8 cm³/mol. The summed E-state index contributed by atoms with van der Waals surface area (Å²) in [6.45, 7) is 15.2. The van der Waals surface area contributed by atoms with Crippen LogP contribution in [0.1, 0.15) is 52.9 Å². The number of hydrogen-bond donors (Lipinski definition) is 0. The van der Waals surface area contributed by atoms with Crippen molar-refractivity contribution in [3.05, 3.63) is 12.7 Å². The van der Waals surface area contributed by atoms with E-state index < -0.39 is 8.32 Å². The van der Waals surface area contributed by atoms with Crippen molar-refractivity contribution in [2.75, 3.05) is 0 Å². The summed E-state index contributed by atoms with van der Waals surface area (Å²) in [5, 5.41) is 0.257. The number of hydrogen-bond acceptors (Lipinski definition) is 2. The normalized spacial score (nSPS) is 29.0. The van der Waals surface area contributed by atoms with Crippen molar-refractivity contribution in [3.63, 3.8) is 0 Å². The van der Waals surface area contributed by atoms with E-state index >= 15 is 0 Å². The molecule has 0 unspecified atom stereocenters. The molecule has 0 saturated heterocycles. The second-order valence-corrected chi connectivity index (χ2v) is 12.3. The molecule has 1 fully saturated rings. The Morgan fingerprint density at radius 3 is 2.21 bits per heavy atom. The molecule has 110 valence electrons. The van der Waals surface area contributed by atoms with E-state index in [4.69, 9.17) is 4.43 Å². The maximum Gasteiger partial charge on any atom is 0.192 e. The molecule has 1 aliphatic rings. The van der Waals surface area contributed by atoms with Crippen molar-refractivity contribution in [1.82, 2.24) is 0 Å². The van der Waals surface area contributed by atoms with Gasteiger partial charge in [0.25, 0.3) is 0 Å². The summed E-state index contributed by atoms with van der Waals surface area (Å²) in [6, 6.07) is 0. The lowest BCUT2D eigenvalue weighted by atomic mass is 9.72. The van der Waals surface area contributed by atoms with Crippen LogP contribution in [0.4, 0.5) is 0 Å². The van der Waals surface area contributed by atoms with Gasteiger partial charge in [-0.15, -0.1) is 6.58 Å². The standard InChI is InChI=1S/C16H30O2Si/c1-7-10-16(13-17)11-8-14(9-12-16)18-19(5,6)15(2,3)4/h7,13-14H,1,8-12H2,2-6H3. The van der Waals surface area contributed by atoms with Gasteiger partial charge < -0.3 is 9.22 Å². The molecule has 1 rings (SSSR count). The molecule has 0 aromatic rings. The Labute approximate surface area is 119 Å². The van der Waals surface area contributed by atoms with Gasteiger partial charge in [0.1, 0.15) is 6.29 Å². The predicted octanol–water partition coefficient (Wildman–Crippen LogP) is 4.71. The van der Waals surface area contributed by atoms with E-state index in [1.54, 1.807) is 0 Å². The van der Waals surface area contributed by atoms with Gasteiger partial charge in [0.15, 0.2) is 8.32 Å². The van der Waals surface area contributed by atoms with Crippen LogP contribution in [0.3, 0.4) is 0 Å². The molecule has 0 N–H and O–H groups in total. The summed E-state index contributed by atoms with van der Waals surface area (Å²) in [4.78, 5) is 11.3. The van der Waals surface area contributed by atoms with Crippen molar-refractivity contribution < 1.29 is 9.22 Å². The molecule has 0 aromatic carbocycles. The largest absolute Gasteiger partial charge is 0.414 e. The molecule has 3 heteroatoms. The first-order valence-corrected chi connectivity index (χ1v) is 10.3. The molecule has 0 spiro atoms. The summed E-state index contributed by atoms with van der Waals surface area (Å²) in [7, 11) is -1.68. The minimum absolute atomic E-state index is 0.158. The van der Waals surface area contributed by atoms with Gasteiger partial charge in [-0.3, -0.25) is 0 Å². The van der Waals surface area contributed by atoms with Gasteiger partial charge in [0.05, 0.1) is 0 Å². The molecular weight excluding hydrogens is 252 g/mol. The van der Waals surface area contributed by atoms with Gasteiger partial charge in [-0.05, 0) is 50.2 Å². The second kappa shape index (κ2) is 5.92. The maximum absolute atomic E-state index is 11.3. The highest BCUT2D eigenvalue weighted by Gasteiger charge is 2.41. The van der Waals surface area contributed by atoms with Crippen LogP contribution in [0.25, 0.3) is 0 Å². The van der Waals surface area contributed by atoms with Crippen molar-refractivity contribution in [2.45, 2.75) is 77.1 Å². The fourth-order valence-corrected chi connectivity index (χ4v) is 3.96. The van der Waals surface area contributed by atoms with Crippen LogP contribution >= 0.6 is 0 Å². The van der Waals surface area contributed by atoms with E-state index in [1.165, 1.54) is 0 Å². The van der Waals surface area contributed by atoms with Gasteiger partial charge >= 0.3 is 0 Å². The van der Waals surface area contributed by atoms with Crippen LogP contribution in [-0.2, 0) is 9.22 Å². The van der Waals surface area contributed by atoms with Crippen molar-refractivity contribution in [3.8, 4) is 0 Å². The Hall–Kier alpha value is -0.413. The molecular formula is C16H30O2Si. The van der Waals surface area contributed by atoms with Crippen LogP contribution in [0.5, 0.6) is 0 Å². The van der Waals surface area contributed by atoms with E-state index in [9.17, 15) is 4.79 Å². The zero-order chi connectivity index (χ0) is 14.7. The Kier molecular flexibility index (Phi) is 5.19. The van der Waals surface area contributed by atoms with Crippen LogP contribution < -0.4 is 0 Å². The Balaban J connectivity index is 2.60. The van der Waals surface area contributed by atoms with E-state index in [1.807, 2.05) is 6.08 Å². The van der Waals surface area contributed by atoms with Gasteiger partial charge in [-0.25, -0.2) is 0 Å². The molecule has 2 nitrogen and oxygen atoms in total. The van der Waals surface area contributed by atoms with Crippen LogP contribution in [-0.4, -0.2) is 20.7 Å². The van der Waals surface area contributed by atoms with Crippen LogP contribution in [0.15, 0.2) is 12.7 Å². The fraction of sp³-hybridized carbons (Fsp3) is 0.812. The number of aldehydes is 1. The highest BCUT2D eigenvalue weighted by atomic mass is 28.4. The monoisotopic (exact) mass is 282 g/mol. The molecule has 0 atom stereocenters. The van der Waals surface area contributed by atoms with Crippen molar-refractivity contribution in [2.24, 2.45) is 5.41 Å². The number of carbonyl (C=O) groups excluding carboxylic acids is 1. The van der Waals surface area contributed by atoms with Gasteiger partial charge in [-0.1, -0.05) is 26.8 Å². The summed E-state index contributed by atoms with van der Waals surface area (Å²) < 4.78 is 6.46. The Bertz CT molecular complexity index is 320. The molecule has 19 heavy (non-hydrogen) atoms. The number of carbonyl (C=O) groups is 1. The number of allylic oxidation sites excluding steroid dienone is 1. The molecule has 0 bridgehead atoms. The van der Waals surface area contributed by atoms with Crippen LogP contribution in [0.2, 0.25) is 18.1 Å². The van der Waals surface area contributed by atoms with Crippen molar-refractivity contribution >= 4 is 14.6 Å². The highest BCUT2D eigenvalue weighted by Crippen LogP contribution is 2.43. The smallest absolute Gasteiger partial charge is 0.192 e. The third-order valence-corrected chi connectivity index (χ3v) is 9.53. The zero-order valence-corrected chi connectivity index (χ0v) is 14.3. The first kappa shape index (κ1) is 16.6. The first-order chi connectivity index (χ1) is 8.66. The maximum atomic E-state index is 11.3. The molecule has 0 amide bonds. The summed E-state index contributed by atoms with van der Waals surface area (Å²) >= 11 is 0. The van der Waals surface area contributed by atoms with E-state index in [2.05, 4.69) is 40.4 Å². The lowest BCUT2D eigenvalue weighted by Crippen LogP contribution is -2.45. The summed E-state index contributed by atoms with van der Waals surface area (Å²) in [6.07, 6.45) is 8.10. The lowest BCUT2D eigenvalue weighted by Gasteiger charge is -2.43. The number of rotatable bonds is 5. The fourth-order valence-electron chi connectivity index (χ4n) is 2.54. The molecule has 1 aliphatic carbocycles. The Morgan fingerprint density at radius 1 is 1.32 bits per heavy atom. The molecule has 0 aliphatic heterocycles. The summed E-state index contributed by atoms with van der Waals surface area (Å²) in [5.74, 6) is 0. The molecule has 0 radical (unpaired) electrons. The van der Waals surface area contributed by atoms with Gasteiger partial charge in [0.2, 0.25) is 0 Å². The first-order valence-electron chi connectivity index (χ1n) is 7.41. The molecule has 1 saturated carbocycles. The van der Waals surface area contributed by atoms with Crippen molar-refractivity contribution in [1.29, 1.82) is 0 Å². The minimum atomic E-state index is -1.68. The lowest BCUT2D eigenvalue weighted by molar-refractivity contribution is -0.118. The zero-order valence-electron chi connectivity index (χ0n) is 13.3. The van der Waals surface area contributed by atoms with E-state index in [0.717, 1.165) is 38.4 Å². The van der Waals surface area contributed by atoms with E-state index in [-0.39, 0.29) is 10.5 Å². The minimum Gasteiger partial charge on any atom is -0.414 e. The summed E-state index contributed by atoms with van der Waals surface area (Å²) in [5.41, 5.74) is -0.158. The molecule has 0 aromatic heterocycles. The van der Waals surface area contributed by atoms with Gasteiger partial charge in [-0.2, -0.15) is 0 Å². The Morgan fingerprint density at radius 2 is 1.84 bits per heavy atom. The van der Waals surface area contributed by atoms with Crippen LogP contribution in [0, 0.1) is 5.41 Å². The third-order valence-electron chi connectivity index (χ3n) is 5.00. The highest BCUT2D eigenvalue weighted by molar-refractivity contribution is 6.74. The second-order valence-electron chi connectivity index (χ2n) is 7.55. The quantitative estimate of drug-likeness (QED) is 0.414. The molecule has 0 heterocycles. The topological polar surface area (TPSA) is 26.3 Å². The van der Waals surface area contributed by atoms with E-state index in [0.29, 0.717) is 6.10 Å². The average molecular weight is 283 g/mol. The van der Waals surface area contributed by atoms with Gasteiger partial charge in [0, 0.05) is 11.5 Å². The third kappa shape index (κ3) is 4.02. The SMILES string of the molecule is C=CCC1(C=O)CCC(O[Si](C)(C)C(C)(C)C)CC1.